The first-order chi connectivity index (χ1) is 9.73. The first-order valence-electron chi connectivity index (χ1n) is 7.11. The molecule has 0 aliphatic heterocycles. The van der Waals surface area contributed by atoms with E-state index in [4.69, 9.17) is 0 Å². The highest BCUT2D eigenvalue weighted by atomic mass is 16.4. The highest BCUT2D eigenvalue weighted by Gasteiger charge is 2.24. The number of carboxylic acid groups (broad SMARTS) is 1. The fourth-order valence-electron chi connectivity index (χ4n) is 3.13. The third-order valence-corrected chi connectivity index (χ3v) is 4.00. The van der Waals surface area contributed by atoms with E-state index in [0.717, 1.165) is 33.8 Å². The Labute approximate surface area is 125 Å². The molecule has 0 saturated carbocycles. The van der Waals surface area contributed by atoms with Gasteiger partial charge in [0.1, 0.15) is 0 Å². The van der Waals surface area contributed by atoms with Gasteiger partial charge in [-0.05, 0) is 52.7 Å². The fraction of sp³-hybridized carbons (Fsp3) is 0.412. The summed E-state index contributed by atoms with van der Waals surface area (Å²) in [6.07, 6.45) is 0. The molecule has 21 heavy (non-hydrogen) atoms. The maximum absolute atomic E-state index is 11.3. The van der Waals surface area contributed by atoms with E-state index in [1.165, 1.54) is 5.56 Å². The number of hydrogen-bond acceptors (Lipinski definition) is 2. The first kappa shape index (κ1) is 15.3. The third kappa shape index (κ3) is 2.58. The first-order valence-corrected chi connectivity index (χ1v) is 7.11. The van der Waals surface area contributed by atoms with Crippen LogP contribution in [0.2, 0.25) is 0 Å². The van der Waals surface area contributed by atoms with Gasteiger partial charge in [-0.25, -0.2) is 4.68 Å². The second kappa shape index (κ2) is 5.35. The largest absolute Gasteiger partial charge is 0.481 e. The van der Waals surface area contributed by atoms with Crippen LogP contribution in [0.3, 0.4) is 0 Å². The molecule has 1 aromatic carbocycles. The van der Waals surface area contributed by atoms with Gasteiger partial charge in [0.15, 0.2) is 0 Å². The van der Waals surface area contributed by atoms with E-state index < -0.39 is 11.9 Å². The summed E-state index contributed by atoms with van der Waals surface area (Å²) in [6.45, 7) is 11.7. The molecule has 2 rings (SSSR count). The molecule has 0 spiro atoms. The number of aliphatic carboxylic acids is 1. The second-order valence-electron chi connectivity index (χ2n) is 5.80. The number of aromatic nitrogens is 2. The maximum Gasteiger partial charge on any atom is 0.310 e. The highest BCUT2D eigenvalue weighted by Crippen LogP contribution is 2.28. The Hall–Kier alpha value is -2.10. The standard InChI is InChI=1S/C17H22N2O2/c1-9-7-10(2)16(11(3)8-9)19-14(6)15(13(5)18-19)12(4)17(20)21/h7-8,12H,1-6H3,(H,20,21). The predicted octanol–water partition coefficient (Wildman–Crippen LogP) is 3.60. The molecule has 0 fully saturated rings. The molecule has 0 amide bonds. The van der Waals surface area contributed by atoms with Crippen molar-refractivity contribution >= 4 is 5.97 Å². The summed E-state index contributed by atoms with van der Waals surface area (Å²) in [6, 6.07) is 4.25. The van der Waals surface area contributed by atoms with E-state index in [1.807, 2.05) is 18.5 Å². The summed E-state index contributed by atoms with van der Waals surface area (Å²) >= 11 is 0. The summed E-state index contributed by atoms with van der Waals surface area (Å²) in [7, 11) is 0. The lowest BCUT2D eigenvalue weighted by Gasteiger charge is -2.14. The Kier molecular flexibility index (Phi) is 3.90. The van der Waals surface area contributed by atoms with Gasteiger partial charge in [-0.3, -0.25) is 4.79 Å². The topological polar surface area (TPSA) is 55.1 Å². The Morgan fingerprint density at radius 1 is 1.14 bits per heavy atom. The summed E-state index contributed by atoms with van der Waals surface area (Å²) in [5.41, 5.74) is 7.04. The van der Waals surface area contributed by atoms with E-state index in [0.29, 0.717) is 0 Å². The Morgan fingerprint density at radius 3 is 2.14 bits per heavy atom. The average molecular weight is 286 g/mol. The maximum atomic E-state index is 11.3. The zero-order valence-electron chi connectivity index (χ0n) is 13.5. The number of carbonyl (C=O) groups is 1. The molecule has 1 heterocycles. The lowest BCUT2D eigenvalue weighted by molar-refractivity contribution is -0.138. The van der Waals surface area contributed by atoms with Crippen molar-refractivity contribution in [2.24, 2.45) is 0 Å². The highest BCUT2D eigenvalue weighted by molar-refractivity contribution is 5.76. The minimum absolute atomic E-state index is 0.551. The van der Waals surface area contributed by atoms with Gasteiger partial charge in [-0.2, -0.15) is 5.10 Å². The average Bonchev–Trinajstić information content (AvgIpc) is 2.63. The lowest BCUT2D eigenvalue weighted by Crippen LogP contribution is -2.10. The molecular weight excluding hydrogens is 264 g/mol. The fourth-order valence-corrected chi connectivity index (χ4v) is 3.13. The number of aryl methyl sites for hydroxylation is 4. The Morgan fingerprint density at radius 2 is 1.67 bits per heavy atom. The van der Waals surface area contributed by atoms with Crippen LogP contribution in [0.4, 0.5) is 0 Å². The van der Waals surface area contributed by atoms with Crippen molar-refractivity contribution in [2.45, 2.75) is 47.5 Å². The van der Waals surface area contributed by atoms with Crippen molar-refractivity contribution in [1.29, 1.82) is 0 Å². The van der Waals surface area contributed by atoms with Crippen molar-refractivity contribution in [3.63, 3.8) is 0 Å². The summed E-state index contributed by atoms with van der Waals surface area (Å²) in [5.74, 6) is -1.37. The number of rotatable bonds is 3. The molecule has 0 aliphatic rings. The minimum atomic E-state index is -0.821. The molecule has 0 bridgehead atoms. The van der Waals surface area contributed by atoms with E-state index in [-0.39, 0.29) is 0 Å². The normalized spacial score (nSPS) is 12.5. The van der Waals surface area contributed by atoms with Crippen LogP contribution in [0.15, 0.2) is 12.1 Å². The van der Waals surface area contributed by atoms with Gasteiger partial charge in [-0.1, -0.05) is 17.7 Å². The number of hydrogen-bond donors (Lipinski definition) is 1. The lowest BCUT2D eigenvalue weighted by atomic mass is 9.99. The Bertz CT molecular complexity index is 691. The zero-order chi connectivity index (χ0) is 15.9. The van der Waals surface area contributed by atoms with Crippen LogP contribution in [0.1, 0.15) is 46.5 Å². The van der Waals surface area contributed by atoms with Gasteiger partial charge in [0.25, 0.3) is 0 Å². The van der Waals surface area contributed by atoms with Crippen LogP contribution in [-0.4, -0.2) is 20.9 Å². The van der Waals surface area contributed by atoms with Crippen LogP contribution in [0.25, 0.3) is 5.69 Å². The van der Waals surface area contributed by atoms with Crippen molar-refractivity contribution in [3.05, 3.63) is 45.8 Å². The quantitative estimate of drug-likeness (QED) is 0.938. The second-order valence-corrected chi connectivity index (χ2v) is 5.80. The number of benzene rings is 1. The molecule has 0 radical (unpaired) electrons. The molecule has 1 atom stereocenters. The monoisotopic (exact) mass is 286 g/mol. The van der Waals surface area contributed by atoms with Crippen LogP contribution < -0.4 is 0 Å². The molecule has 0 aliphatic carbocycles. The van der Waals surface area contributed by atoms with Gasteiger partial charge in [0.05, 0.1) is 17.3 Å². The van der Waals surface area contributed by atoms with Gasteiger partial charge in [0, 0.05) is 11.3 Å². The van der Waals surface area contributed by atoms with Gasteiger partial charge in [0.2, 0.25) is 0 Å². The van der Waals surface area contributed by atoms with Crippen LogP contribution in [-0.2, 0) is 4.79 Å². The van der Waals surface area contributed by atoms with Crippen LogP contribution >= 0.6 is 0 Å². The summed E-state index contributed by atoms with van der Waals surface area (Å²) < 4.78 is 1.88. The van der Waals surface area contributed by atoms with Crippen molar-refractivity contribution in [1.82, 2.24) is 9.78 Å². The molecule has 4 heteroatoms. The molecular formula is C17H22N2O2. The van der Waals surface area contributed by atoms with Gasteiger partial charge < -0.3 is 5.11 Å². The molecule has 1 unspecified atom stereocenters. The van der Waals surface area contributed by atoms with E-state index in [2.05, 4.69) is 38.0 Å². The Balaban J connectivity index is 2.68. The summed E-state index contributed by atoms with van der Waals surface area (Å²) in [4.78, 5) is 11.3. The van der Waals surface area contributed by atoms with Crippen molar-refractivity contribution in [2.75, 3.05) is 0 Å². The molecule has 4 nitrogen and oxygen atoms in total. The minimum Gasteiger partial charge on any atom is -0.481 e. The van der Waals surface area contributed by atoms with Gasteiger partial charge in [-0.15, -0.1) is 0 Å². The number of carboxylic acids is 1. The molecule has 1 N–H and O–H groups in total. The van der Waals surface area contributed by atoms with Crippen molar-refractivity contribution < 1.29 is 9.90 Å². The molecule has 2 aromatic rings. The zero-order valence-corrected chi connectivity index (χ0v) is 13.5. The van der Waals surface area contributed by atoms with Crippen molar-refractivity contribution in [3.8, 4) is 5.69 Å². The third-order valence-electron chi connectivity index (χ3n) is 4.00. The molecule has 1 aromatic heterocycles. The smallest absolute Gasteiger partial charge is 0.310 e. The van der Waals surface area contributed by atoms with E-state index >= 15 is 0 Å². The molecule has 0 saturated heterocycles. The van der Waals surface area contributed by atoms with Crippen LogP contribution in [0, 0.1) is 34.6 Å². The summed E-state index contributed by atoms with van der Waals surface area (Å²) in [5, 5.41) is 13.9. The van der Waals surface area contributed by atoms with E-state index in [1.54, 1.807) is 6.92 Å². The molecule has 112 valence electrons. The van der Waals surface area contributed by atoms with Crippen LogP contribution in [0.5, 0.6) is 0 Å². The van der Waals surface area contributed by atoms with Gasteiger partial charge >= 0.3 is 5.97 Å². The predicted molar refractivity (Wildman–Crippen MR) is 83.3 cm³/mol. The SMILES string of the molecule is Cc1cc(C)c(-n2nc(C)c(C(C)C(=O)O)c2C)c(C)c1. The number of nitrogens with zero attached hydrogens (tertiary/aromatic N) is 2. The van der Waals surface area contributed by atoms with E-state index in [9.17, 15) is 9.90 Å².